The Labute approximate surface area is 132 Å². The Balaban J connectivity index is 1.97. The summed E-state index contributed by atoms with van der Waals surface area (Å²) in [6.45, 7) is 7.00. The molecule has 0 aromatic rings. The van der Waals surface area contributed by atoms with Gasteiger partial charge < -0.3 is 14.4 Å². The average Bonchev–Trinajstić information content (AvgIpc) is 2.68. The van der Waals surface area contributed by atoms with Crippen LogP contribution in [-0.2, 0) is 19.5 Å². The molecule has 128 valence electrons. The van der Waals surface area contributed by atoms with Gasteiger partial charge in [0.1, 0.15) is 5.60 Å². The number of carbonyl (C=O) groups excluding carboxylic acids is 1. The minimum absolute atomic E-state index is 0.0117. The second-order valence-electron chi connectivity index (χ2n) is 7.37. The molecule has 2 fully saturated rings. The molecule has 8 heteroatoms. The first-order valence-electron chi connectivity index (χ1n) is 7.60. The Morgan fingerprint density at radius 2 is 2.14 bits per heavy atom. The van der Waals surface area contributed by atoms with E-state index in [4.69, 9.17) is 14.6 Å². The van der Waals surface area contributed by atoms with Crippen molar-refractivity contribution in [3.05, 3.63) is 0 Å². The van der Waals surface area contributed by atoms with E-state index in [9.17, 15) is 13.2 Å². The number of nitrogens with two attached hydrogens (primary N) is 1. The Morgan fingerprint density at radius 3 is 2.73 bits per heavy atom. The summed E-state index contributed by atoms with van der Waals surface area (Å²) < 4.78 is 33.8. The molecule has 1 spiro atoms. The molecule has 2 atom stereocenters. The molecule has 0 aliphatic carbocycles. The number of ether oxygens (including phenoxy) is 2. The van der Waals surface area contributed by atoms with Crippen molar-refractivity contribution >= 4 is 16.1 Å². The van der Waals surface area contributed by atoms with Crippen LogP contribution in [0.4, 0.5) is 4.79 Å². The Hall–Kier alpha value is -0.860. The summed E-state index contributed by atoms with van der Waals surface area (Å²) in [6.07, 6.45) is 1.65. The first-order chi connectivity index (χ1) is 9.98. The Kier molecular flexibility index (Phi) is 4.75. The number of hydrogen-bond donors (Lipinski definition) is 1. The van der Waals surface area contributed by atoms with Crippen LogP contribution in [0.3, 0.4) is 0 Å². The highest BCUT2D eigenvalue weighted by Crippen LogP contribution is 2.37. The summed E-state index contributed by atoms with van der Waals surface area (Å²) >= 11 is 0. The predicted molar refractivity (Wildman–Crippen MR) is 81.8 cm³/mol. The van der Waals surface area contributed by atoms with E-state index in [-0.39, 0.29) is 17.8 Å². The van der Waals surface area contributed by atoms with E-state index in [1.165, 1.54) is 0 Å². The molecule has 0 radical (unpaired) electrons. The largest absolute Gasteiger partial charge is 0.444 e. The molecule has 2 N–H and O–H groups in total. The van der Waals surface area contributed by atoms with Crippen LogP contribution in [0.2, 0.25) is 0 Å². The van der Waals surface area contributed by atoms with Gasteiger partial charge in [0, 0.05) is 13.2 Å². The van der Waals surface area contributed by atoms with E-state index in [0.29, 0.717) is 39.0 Å². The number of hydrogen-bond acceptors (Lipinski definition) is 5. The third-order valence-electron chi connectivity index (χ3n) is 4.03. The highest BCUT2D eigenvalue weighted by molar-refractivity contribution is 7.89. The molecule has 2 aliphatic heterocycles. The molecule has 0 saturated carbocycles. The van der Waals surface area contributed by atoms with Crippen molar-refractivity contribution in [1.82, 2.24) is 4.90 Å². The highest BCUT2D eigenvalue weighted by Gasteiger charge is 2.45. The van der Waals surface area contributed by atoms with E-state index in [0.717, 1.165) is 0 Å². The van der Waals surface area contributed by atoms with Gasteiger partial charge in [-0.15, -0.1) is 0 Å². The van der Waals surface area contributed by atoms with Crippen molar-refractivity contribution in [2.45, 2.75) is 51.2 Å². The van der Waals surface area contributed by atoms with Gasteiger partial charge in [0.05, 0.1) is 17.9 Å². The summed E-state index contributed by atoms with van der Waals surface area (Å²) in [7, 11) is -3.48. The lowest BCUT2D eigenvalue weighted by molar-refractivity contribution is -0.0860. The van der Waals surface area contributed by atoms with E-state index < -0.39 is 21.2 Å². The van der Waals surface area contributed by atoms with Crippen LogP contribution >= 0.6 is 0 Å². The Morgan fingerprint density at radius 1 is 1.45 bits per heavy atom. The average molecular weight is 334 g/mol. The van der Waals surface area contributed by atoms with Gasteiger partial charge in [-0.25, -0.2) is 18.4 Å². The van der Waals surface area contributed by atoms with E-state index in [1.54, 1.807) is 4.90 Å². The fraction of sp³-hybridized carbons (Fsp3) is 0.929. The third kappa shape index (κ3) is 4.82. The zero-order valence-electron chi connectivity index (χ0n) is 13.5. The first-order valence-corrected chi connectivity index (χ1v) is 9.32. The molecular weight excluding hydrogens is 308 g/mol. The lowest BCUT2D eigenvalue weighted by Gasteiger charge is -2.37. The standard InChI is InChI=1S/C14H26N2O5S/c1-13(2,3)21-12(17)16-6-5-14(10-16)8-11(4-7-20-14)9-22(15,18)19/h11H,4-10H2,1-3H3,(H2,15,18,19). The predicted octanol–water partition coefficient (Wildman–Crippen LogP) is 1.08. The maximum Gasteiger partial charge on any atom is 0.410 e. The summed E-state index contributed by atoms with van der Waals surface area (Å²) in [5.41, 5.74) is -0.985. The van der Waals surface area contributed by atoms with Gasteiger partial charge >= 0.3 is 6.09 Å². The van der Waals surface area contributed by atoms with Crippen LogP contribution in [0.15, 0.2) is 0 Å². The van der Waals surface area contributed by atoms with Crippen LogP contribution in [0.1, 0.15) is 40.0 Å². The van der Waals surface area contributed by atoms with Gasteiger partial charge in [-0.05, 0) is 46.0 Å². The van der Waals surface area contributed by atoms with Crippen LogP contribution in [0, 0.1) is 5.92 Å². The molecule has 0 bridgehead atoms. The molecule has 2 aliphatic rings. The van der Waals surface area contributed by atoms with Gasteiger partial charge in [0.2, 0.25) is 10.0 Å². The zero-order valence-corrected chi connectivity index (χ0v) is 14.3. The Bertz CT molecular complexity index is 528. The second-order valence-corrected chi connectivity index (χ2v) is 9.03. The molecule has 1 amide bonds. The molecular formula is C14H26N2O5S. The SMILES string of the molecule is CC(C)(C)OC(=O)N1CCC2(CC(CS(N)(=O)=O)CCO2)C1. The van der Waals surface area contributed by atoms with Gasteiger partial charge in [-0.2, -0.15) is 0 Å². The fourth-order valence-electron chi connectivity index (χ4n) is 3.21. The van der Waals surface area contributed by atoms with Crippen LogP contribution < -0.4 is 5.14 Å². The summed E-state index contributed by atoms with van der Waals surface area (Å²) in [5, 5.41) is 5.15. The van der Waals surface area contributed by atoms with E-state index in [1.807, 2.05) is 20.8 Å². The topological polar surface area (TPSA) is 98.9 Å². The van der Waals surface area contributed by atoms with E-state index >= 15 is 0 Å². The number of sulfonamides is 1. The van der Waals surface area contributed by atoms with Crippen molar-refractivity contribution in [1.29, 1.82) is 0 Å². The lowest BCUT2D eigenvalue weighted by atomic mass is 9.86. The van der Waals surface area contributed by atoms with Crippen molar-refractivity contribution < 1.29 is 22.7 Å². The normalized spacial score (nSPS) is 29.8. The first kappa shape index (κ1) is 17.5. The third-order valence-corrected chi connectivity index (χ3v) is 4.97. The number of primary sulfonamides is 1. The summed E-state index contributed by atoms with van der Waals surface area (Å²) in [6, 6.07) is 0. The second kappa shape index (κ2) is 5.98. The van der Waals surface area contributed by atoms with Crippen molar-refractivity contribution in [2.75, 3.05) is 25.4 Å². The number of rotatable bonds is 2. The number of nitrogens with zero attached hydrogens (tertiary/aromatic N) is 1. The van der Waals surface area contributed by atoms with Crippen LogP contribution in [-0.4, -0.2) is 56.1 Å². The molecule has 7 nitrogen and oxygen atoms in total. The van der Waals surface area contributed by atoms with E-state index in [2.05, 4.69) is 0 Å². The minimum atomic E-state index is -3.48. The minimum Gasteiger partial charge on any atom is -0.444 e. The molecule has 2 unspecified atom stereocenters. The summed E-state index contributed by atoms with van der Waals surface area (Å²) in [4.78, 5) is 13.8. The molecule has 0 aromatic carbocycles. The molecule has 2 heterocycles. The fourth-order valence-corrected chi connectivity index (χ4v) is 4.15. The van der Waals surface area contributed by atoms with Gasteiger partial charge in [-0.1, -0.05) is 0 Å². The van der Waals surface area contributed by atoms with Crippen molar-refractivity contribution in [3.8, 4) is 0 Å². The van der Waals surface area contributed by atoms with Gasteiger partial charge in [0.15, 0.2) is 0 Å². The summed E-state index contributed by atoms with van der Waals surface area (Å²) in [5.74, 6) is -0.0350. The molecule has 2 rings (SSSR count). The maximum absolute atomic E-state index is 12.1. The van der Waals surface area contributed by atoms with Crippen LogP contribution in [0.25, 0.3) is 0 Å². The highest BCUT2D eigenvalue weighted by atomic mass is 32.2. The quantitative estimate of drug-likeness (QED) is 0.815. The van der Waals surface area contributed by atoms with Gasteiger partial charge in [0.25, 0.3) is 0 Å². The number of amides is 1. The van der Waals surface area contributed by atoms with Crippen molar-refractivity contribution in [2.24, 2.45) is 11.1 Å². The van der Waals surface area contributed by atoms with Gasteiger partial charge in [-0.3, -0.25) is 0 Å². The molecule has 2 saturated heterocycles. The smallest absolute Gasteiger partial charge is 0.410 e. The van der Waals surface area contributed by atoms with Crippen LogP contribution in [0.5, 0.6) is 0 Å². The molecule has 0 aromatic heterocycles. The molecule has 22 heavy (non-hydrogen) atoms. The zero-order chi connectivity index (χ0) is 16.6. The monoisotopic (exact) mass is 334 g/mol. The maximum atomic E-state index is 12.1. The lowest BCUT2D eigenvalue weighted by Crippen LogP contribution is -2.45. The number of carbonyl (C=O) groups is 1. The van der Waals surface area contributed by atoms with Crippen molar-refractivity contribution in [3.63, 3.8) is 0 Å². The number of likely N-dealkylation sites (tertiary alicyclic amines) is 1.